The zero-order valence-electron chi connectivity index (χ0n) is 12.2. The van der Waals surface area contributed by atoms with Crippen molar-refractivity contribution >= 4 is 17.0 Å². The molecule has 0 aliphatic carbocycles. The zero-order valence-corrected chi connectivity index (χ0v) is 12.2. The quantitative estimate of drug-likeness (QED) is 0.781. The second-order valence-corrected chi connectivity index (χ2v) is 5.13. The molecule has 21 heavy (non-hydrogen) atoms. The predicted octanol–water partition coefficient (Wildman–Crippen LogP) is 2.99. The SMILES string of the molecule is CCN(CCc1cn2cc(N)ccc2n1)c1ccccc1. The number of rotatable bonds is 5. The van der Waals surface area contributed by atoms with Crippen LogP contribution in [0.15, 0.2) is 54.9 Å². The maximum Gasteiger partial charge on any atom is 0.137 e. The summed E-state index contributed by atoms with van der Waals surface area (Å²) in [6.07, 6.45) is 4.88. The molecule has 0 aliphatic heterocycles. The largest absolute Gasteiger partial charge is 0.398 e. The second kappa shape index (κ2) is 5.87. The van der Waals surface area contributed by atoms with Crippen LogP contribution in [0.1, 0.15) is 12.6 Å². The van der Waals surface area contributed by atoms with Crippen LogP contribution in [0.25, 0.3) is 5.65 Å². The fourth-order valence-corrected chi connectivity index (χ4v) is 2.54. The van der Waals surface area contributed by atoms with Crippen LogP contribution in [0.3, 0.4) is 0 Å². The summed E-state index contributed by atoms with van der Waals surface area (Å²) in [5, 5.41) is 0. The Labute approximate surface area is 124 Å². The van der Waals surface area contributed by atoms with Gasteiger partial charge in [0.25, 0.3) is 0 Å². The number of hydrogen-bond acceptors (Lipinski definition) is 3. The van der Waals surface area contributed by atoms with E-state index in [1.165, 1.54) is 5.69 Å². The fourth-order valence-electron chi connectivity index (χ4n) is 2.54. The minimum atomic E-state index is 0.755. The zero-order chi connectivity index (χ0) is 14.7. The number of anilines is 2. The molecule has 108 valence electrons. The van der Waals surface area contributed by atoms with Crippen molar-refractivity contribution in [3.8, 4) is 0 Å². The van der Waals surface area contributed by atoms with Crippen molar-refractivity contribution in [3.63, 3.8) is 0 Å². The van der Waals surface area contributed by atoms with Crippen LogP contribution >= 0.6 is 0 Å². The van der Waals surface area contributed by atoms with Crippen LogP contribution in [-0.4, -0.2) is 22.5 Å². The molecule has 4 nitrogen and oxygen atoms in total. The number of nitrogens with zero attached hydrogens (tertiary/aromatic N) is 3. The van der Waals surface area contributed by atoms with Crippen LogP contribution in [0, 0.1) is 0 Å². The average molecular weight is 280 g/mol. The summed E-state index contributed by atoms with van der Waals surface area (Å²) in [5.74, 6) is 0. The van der Waals surface area contributed by atoms with Gasteiger partial charge in [-0.15, -0.1) is 0 Å². The van der Waals surface area contributed by atoms with Crippen LogP contribution in [0.5, 0.6) is 0 Å². The Morgan fingerprint density at radius 3 is 2.67 bits per heavy atom. The number of nitrogen functional groups attached to an aromatic ring is 1. The summed E-state index contributed by atoms with van der Waals surface area (Å²) in [4.78, 5) is 6.99. The third kappa shape index (κ3) is 2.99. The second-order valence-electron chi connectivity index (χ2n) is 5.13. The number of aromatic nitrogens is 2. The lowest BCUT2D eigenvalue weighted by Gasteiger charge is -2.22. The Hall–Kier alpha value is -2.49. The smallest absolute Gasteiger partial charge is 0.137 e. The first kappa shape index (κ1) is 13.5. The van der Waals surface area contributed by atoms with Crippen LogP contribution in [0.2, 0.25) is 0 Å². The molecule has 0 spiro atoms. The molecular formula is C17H20N4. The highest BCUT2D eigenvalue weighted by atomic mass is 15.1. The number of pyridine rings is 1. The molecular weight excluding hydrogens is 260 g/mol. The van der Waals surface area contributed by atoms with Gasteiger partial charge in [-0.25, -0.2) is 4.98 Å². The van der Waals surface area contributed by atoms with Gasteiger partial charge in [-0.2, -0.15) is 0 Å². The van der Waals surface area contributed by atoms with E-state index < -0.39 is 0 Å². The average Bonchev–Trinajstić information content (AvgIpc) is 2.91. The van der Waals surface area contributed by atoms with Gasteiger partial charge in [-0.1, -0.05) is 18.2 Å². The molecule has 3 aromatic rings. The molecule has 2 heterocycles. The summed E-state index contributed by atoms with van der Waals surface area (Å²) in [7, 11) is 0. The molecule has 0 fully saturated rings. The Bertz CT molecular complexity index is 718. The van der Waals surface area contributed by atoms with E-state index >= 15 is 0 Å². The van der Waals surface area contributed by atoms with E-state index in [0.717, 1.165) is 36.5 Å². The van der Waals surface area contributed by atoms with E-state index in [1.807, 2.05) is 28.8 Å². The fraction of sp³-hybridized carbons (Fsp3) is 0.235. The molecule has 0 saturated carbocycles. The van der Waals surface area contributed by atoms with Gasteiger partial charge in [0.15, 0.2) is 0 Å². The van der Waals surface area contributed by atoms with Crippen molar-refractivity contribution in [2.24, 2.45) is 0 Å². The predicted molar refractivity (Wildman–Crippen MR) is 87.6 cm³/mol. The Balaban J connectivity index is 1.73. The molecule has 0 unspecified atom stereocenters. The van der Waals surface area contributed by atoms with Gasteiger partial charge in [0.05, 0.1) is 5.69 Å². The van der Waals surface area contributed by atoms with Gasteiger partial charge >= 0.3 is 0 Å². The molecule has 4 heteroatoms. The Morgan fingerprint density at radius 2 is 1.90 bits per heavy atom. The van der Waals surface area contributed by atoms with Crippen molar-refractivity contribution in [1.82, 2.24) is 9.38 Å². The van der Waals surface area contributed by atoms with Crippen molar-refractivity contribution in [3.05, 3.63) is 60.6 Å². The van der Waals surface area contributed by atoms with Gasteiger partial charge in [0, 0.05) is 43.3 Å². The van der Waals surface area contributed by atoms with Crippen LogP contribution < -0.4 is 10.6 Å². The van der Waals surface area contributed by atoms with Crippen molar-refractivity contribution in [2.45, 2.75) is 13.3 Å². The molecule has 0 aliphatic rings. The van der Waals surface area contributed by atoms with Gasteiger partial charge in [-0.05, 0) is 31.2 Å². The van der Waals surface area contributed by atoms with Crippen molar-refractivity contribution in [1.29, 1.82) is 0 Å². The van der Waals surface area contributed by atoms with Crippen molar-refractivity contribution in [2.75, 3.05) is 23.7 Å². The lowest BCUT2D eigenvalue weighted by molar-refractivity contribution is 0.798. The normalized spacial score (nSPS) is 10.9. The van der Waals surface area contributed by atoms with Gasteiger partial charge in [0.2, 0.25) is 0 Å². The Kier molecular flexibility index (Phi) is 3.77. The van der Waals surface area contributed by atoms with E-state index in [4.69, 9.17) is 5.73 Å². The van der Waals surface area contributed by atoms with Gasteiger partial charge in [-0.3, -0.25) is 0 Å². The first-order valence-corrected chi connectivity index (χ1v) is 7.29. The number of likely N-dealkylation sites (N-methyl/N-ethyl adjacent to an activating group) is 1. The summed E-state index contributed by atoms with van der Waals surface area (Å²) >= 11 is 0. The highest BCUT2D eigenvalue weighted by molar-refractivity contribution is 5.49. The summed E-state index contributed by atoms with van der Waals surface area (Å²) in [5.41, 5.74) is 9.85. The minimum Gasteiger partial charge on any atom is -0.398 e. The summed E-state index contributed by atoms with van der Waals surface area (Å²) in [6.45, 7) is 4.13. The van der Waals surface area contributed by atoms with E-state index in [-0.39, 0.29) is 0 Å². The van der Waals surface area contributed by atoms with E-state index in [1.54, 1.807) is 0 Å². The lowest BCUT2D eigenvalue weighted by Crippen LogP contribution is -2.25. The molecule has 0 bridgehead atoms. The molecule has 1 aromatic carbocycles. The van der Waals surface area contributed by atoms with Crippen LogP contribution in [0.4, 0.5) is 11.4 Å². The molecule has 3 rings (SSSR count). The molecule has 2 aromatic heterocycles. The van der Waals surface area contributed by atoms with E-state index in [9.17, 15) is 0 Å². The highest BCUT2D eigenvalue weighted by Crippen LogP contribution is 2.14. The number of fused-ring (bicyclic) bond motifs is 1. The third-order valence-corrected chi connectivity index (χ3v) is 3.66. The molecule has 0 amide bonds. The summed E-state index contributed by atoms with van der Waals surface area (Å²) in [6, 6.07) is 14.3. The number of para-hydroxylation sites is 1. The Morgan fingerprint density at radius 1 is 1.10 bits per heavy atom. The van der Waals surface area contributed by atoms with Gasteiger partial charge < -0.3 is 15.0 Å². The first-order valence-electron chi connectivity index (χ1n) is 7.29. The topological polar surface area (TPSA) is 46.6 Å². The van der Waals surface area contributed by atoms with E-state index in [0.29, 0.717) is 0 Å². The number of benzene rings is 1. The summed E-state index contributed by atoms with van der Waals surface area (Å²) < 4.78 is 1.99. The highest BCUT2D eigenvalue weighted by Gasteiger charge is 2.06. The third-order valence-electron chi connectivity index (χ3n) is 3.66. The molecule has 0 atom stereocenters. The minimum absolute atomic E-state index is 0.755. The molecule has 0 radical (unpaired) electrons. The first-order chi connectivity index (χ1) is 10.3. The number of imidazole rings is 1. The monoisotopic (exact) mass is 280 g/mol. The maximum absolute atomic E-state index is 5.80. The van der Waals surface area contributed by atoms with Crippen LogP contribution in [-0.2, 0) is 6.42 Å². The maximum atomic E-state index is 5.80. The molecule has 0 saturated heterocycles. The van der Waals surface area contributed by atoms with Gasteiger partial charge in [0.1, 0.15) is 5.65 Å². The standard InChI is InChI=1S/C17H20N4/c1-2-20(16-6-4-3-5-7-16)11-10-15-13-21-12-14(18)8-9-17(21)19-15/h3-9,12-13H,2,10-11,18H2,1H3. The number of nitrogens with two attached hydrogens (primary N) is 1. The van der Waals surface area contributed by atoms with Crippen molar-refractivity contribution < 1.29 is 0 Å². The van der Waals surface area contributed by atoms with E-state index in [2.05, 4.69) is 47.3 Å². The number of hydrogen-bond donors (Lipinski definition) is 1. The lowest BCUT2D eigenvalue weighted by atomic mass is 10.2. The molecule has 2 N–H and O–H groups in total.